The molecule has 8 heteroatoms. The van der Waals surface area contributed by atoms with E-state index in [1.54, 1.807) is 17.1 Å². The lowest BCUT2D eigenvalue weighted by atomic mass is 9.72. The van der Waals surface area contributed by atoms with Crippen molar-refractivity contribution in [1.82, 2.24) is 20.0 Å². The second-order valence-corrected chi connectivity index (χ2v) is 7.49. The minimum Gasteiger partial charge on any atom is -0.423 e. The standard InChI is InChI=1S/C20H19BN4O3/c1-13-19(23-24-25(13)15-4-2-9-22-12-15)18(26)11-14-5-6-16-17(10-14)21(27)28-20(16)7-3-8-20/h2,4-6,9-10,12,27H,3,7-8,11H2,1H3. The highest BCUT2D eigenvalue weighted by atomic mass is 16.5. The monoisotopic (exact) mass is 374 g/mol. The summed E-state index contributed by atoms with van der Waals surface area (Å²) < 4.78 is 7.42. The Bertz CT molecular complexity index is 1060. The second-order valence-electron chi connectivity index (χ2n) is 7.49. The molecule has 1 aliphatic carbocycles. The summed E-state index contributed by atoms with van der Waals surface area (Å²) >= 11 is 0. The van der Waals surface area contributed by atoms with Crippen LogP contribution >= 0.6 is 0 Å². The molecule has 1 N–H and O–H groups in total. The number of rotatable bonds is 4. The highest BCUT2D eigenvalue weighted by Crippen LogP contribution is 2.47. The van der Waals surface area contributed by atoms with Crippen LogP contribution in [0.25, 0.3) is 5.69 Å². The molecule has 3 aromatic rings. The summed E-state index contributed by atoms with van der Waals surface area (Å²) in [6.07, 6.45) is 6.53. The van der Waals surface area contributed by atoms with E-state index in [-0.39, 0.29) is 17.8 Å². The van der Waals surface area contributed by atoms with Crippen molar-refractivity contribution >= 4 is 18.4 Å². The molecule has 1 aliphatic heterocycles. The zero-order valence-electron chi connectivity index (χ0n) is 15.5. The van der Waals surface area contributed by atoms with E-state index in [0.717, 1.165) is 41.5 Å². The van der Waals surface area contributed by atoms with Gasteiger partial charge in [0, 0.05) is 12.6 Å². The number of carbonyl (C=O) groups excluding carboxylic acids is 1. The van der Waals surface area contributed by atoms with Crippen molar-refractivity contribution in [2.45, 2.75) is 38.2 Å². The Labute approximate surface area is 162 Å². The molecular formula is C20H19BN4O3. The van der Waals surface area contributed by atoms with Crippen LogP contribution in [0.4, 0.5) is 0 Å². The van der Waals surface area contributed by atoms with Gasteiger partial charge in [-0.2, -0.15) is 0 Å². The van der Waals surface area contributed by atoms with Crippen LogP contribution in [0.15, 0.2) is 42.7 Å². The topological polar surface area (TPSA) is 90.1 Å². The van der Waals surface area contributed by atoms with E-state index >= 15 is 0 Å². The fraction of sp³-hybridized carbons (Fsp3) is 0.300. The van der Waals surface area contributed by atoms with E-state index in [4.69, 9.17) is 4.65 Å². The van der Waals surface area contributed by atoms with Crippen LogP contribution in [-0.2, 0) is 16.7 Å². The Morgan fingerprint density at radius 1 is 1.36 bits per heavy atom. The molecule has 7 nitrogen and oxygen atoms in total. The molecule has 0 radical (unpaired) electrons. The Hall–Kier alpha value is -2.84. The van der Waals surface area contributed by atoms with Gasteiger partial charge in [0.2, 0.25) is 0 Å². The zero-order chi connectivity index (χ0) is 19.3. The molecule has 0 unspecified atom stereocenters. The van der Waals surface area contributed by atoms with E-state index < -0.39 is 7.12 Å². The highest BCUT2D eigenvalue weighted by Gasteiger charge is 2.50. The molecule has 1 aromatic carbocycles. The number of ketones is 1. The Kier molecular flexibility index (Phi) is 3.92. The molecule has 1 saturated carbocycles. The molecule has 140 valence electrons. The minimum atomic E-state index is -0.918. The maximum atomic E-state index is 12.8. The van der Waals surface area contributed by atoms with Crippen molar-refractivity contribution in [2.75, 3.05) is 0 Å². The van der Waals surface area contributed by atoms with Gasteiger partial charge in [-0.15, -0.1) is 5.10 Å². The van der Waals surface area contributed by atoms with Gasteiger partial charge in [0.15, 0.2) is 11.5 Å². The third-order valence-electron chi connectivity index (χ3n) is 5.79. The van der Waals surface area contributed by atoms with Gasteiger partial charge in [0.25, 0.3) is 0 Å². The predicted molar refractivity (Wildman–Crippen MR) is 103 cm³/mol. The lowest BCUT2D eigenvalue weighted by molar-refractivity contribution is -0.0152. The third-order valence-corrected chi connectivity index (χ3v) is 5.79. The number of fused-ring (bicyclic) bond motifs is 2. The number of carbonyl (C=O) groups is 1. The average Bonchev–Trinajstić information content (AvgIpc) is 3.20. The summed E-state index contributed by atoms with van der Waals surface area (Å²) in [7, 11) is -0.918. The lowest BCUT2D eigenvalue weighted by Crippen LogP contribution is -2.35. The predicted octanol–water partition coefficient (Wildman–Crippen LogP) is 1.49. The molecule has 3 heterocycles. The number of hydrogen-bond acceptors (Lipinski definition) is 6. The Morgan fingerprint density at radius 2 is 2.21 bits per heavy atom. The van der Waals surface area contributed by atoms with E-state index in [0.29, 0.717) is 11.4 Å². The summed E-state index contributed by atoms with van der Waals surface area (Å²) in [5.41, 5.74) is 4.13. The Morgan fingerprint density at radius 3 is 2.93 bits per heavy atom. The first-order valence-corrected chi connectivity index (χ1v) is 9.42. The normalized spacial score (nSPS) is 16.9. The van der Waals surface area contributed by atoms with Crippen molar-refractivity contribution in [3.63, 3.8) is 0 Å². The van der Waals surface area contributed by atoms with Crippen molar-refractivity contribution in [3.8, 4) is 5.69 Å². The number of nitrogens with zero attached hydrogens (tertiary/aromatic N) is 4. The molecule has 2 aliphatic rings. The SMILES string of the molecule is Cc1c(C(=O)Cc2ccc3c(c2)B(O)OC32CCC2)nnn1-c1cccnc1. The quantitative estimate of drug-likeness (QED) is 0.550. The van der Waals surface area contributed by atoms with Crippen LogP contribution < -0.4 is 5.46 Å². The Balaban J connectivity index is 1.40. The van der Waals surface area contributed by atoms with E-state index in [2.05, 4.69) is 15.3 Å². The summed E-state index contributed by atoms with van der Waals surface area (Å²) in [5.74, 6) is -0.112. The van der Waals surface area contributed by atoms with Gasteiger partial charge in [0.05, 0.1) is 23.2 Å². The average molecular weight is 374 g/mol. The molecule has 0 bridgehead atoms. The number of pyridine rings is 1. The van der Waals surface area contributed by atoms with Crippen molar-refractivity contribution in [3.05, 3.63) is 65.2 Å². The second kappa shape index (κ2) is 6.36. The van der Waals surface area contributed by atoms with E-state index in [1.165, 1.54) is 0 Å². The molecule has 0 atom stereocenters. The first-order valence-electron chi connectivity index (χ1n) is 9.42. The molecule has 2 aromatic heterocycles. The zero-order valence-corrected chi connectivity index (χ0v) is 15.5. The molecule has 28 heavy (non-hydrogen) atoms. The van der Waals surface area contributed by atoms with E-state index in [1.807, 2.05) is 37.3 Å². The first-order chi connectivity index (χ1) is 13.6. The van der Waals surface area contributed by atoms with Gasteiger partial charge < -0.3 is 9.68 Å². The van der Waals surface area contributed by atoms with Crippen LogP contribution in [0.3, 0.4) is 0 Å². The smallest absolute Gasteiger partial charge is 0.423 e. The van der Waals surface area contributed by atoms with Crippen molar-refractivity contribution in [2.24, 2.45) is 0 Å². The number of benzene rings is 1. The molecule has 0 saturated heterocycles. The molecule has 1 spiro atoms. The van der Waals surface area contributed by atoms with Crippen molar-refractivity contribution in [1.29, 1.82) is 0 Å². The molecular weight excluding hydrogens is 355 g/mol. The van der Waals surface area contributed by atoms with Gasteiger partial charge >= 0.3 is 7.12 Å². The van der Waals surface area contributed by atoms with Crippen LogP contribution in [0.1, 0.15) is 46.6 Å². The molecule has 5 rings (SSSR count). The summed E-state index contributed by atoms with van der Waals surface area (Å²) in [6.45, 7) is 1.82. The highest BCUT2D eigenvalue weighted by molar-refractivity contribution is 6.62. The maximum absolute atomic E-state index is 12.8. The van der Waals surface area contributed by atoms with Gasteiger partial charge in [-0.1, -0.05) is 23.4 Å². The lowest BCUT2D eigenvalue weighted by Gasteiger charge is -2.39. The fourth-order valence-electron chi connectivity index (χ4n) is 4.15. The van der Waals surface area contributed by atoms with Crippen LogP contribution in [-0.4, -0.2) is 37.9 Å². The van der Waals surface area contributed by atoms with Gasteiger partial charge in [-0.25, -0.2) is 4.68 Å². The maximum Gasteiger partial charge on any atom is 0.492 e. The third kappa shape index (κ3) is 2.60. The summed E-state index contributed by atoms with van der Waals surface area (Å²) in [5, 5.41) is 18.5. The van der Waals surface area contributed by atoms with E-state index in [9.17, 15) is 9.82 Å². The van der Waals surface area contributed by atoms with Crippen molar-refractivity contribution < 1.29 is 14.5 Å². The summed E-state index contributed by atoms with van der Waals surface area (Å²) in [4.78, 5) is 16.9. The van der Waals surface area contributed by atoms with Crippen LogP contribution in [0, 0.1) is 6.92 Å². The van der Waals surface area contributed by atoms with Crippen LogP contribution in [0.5, 0.6) is 0 Å². The summed E-state index contributed by atoms with van der Waals surface area (Å²) in [6, 6.07) is 9.49. The van der Waals surface area contributed by atoms with Gasteiger partial charge in [-0.05, 0) is 54.9 Å². The minimum absolute atomic E-state index is 0.112. The van der Waals surface area contributed by atoms with Gasteiger partial charge in [0.1, 0.15) is 0 Å². The largest absolute Gasteiger partial charge is 0.492 e. The number of Topliss-reactive ketones (excluding diaryl/α,β-unsaturated/α-hetero) is 1. The molecule has 0 amide bonds. The fourth-order valence-corrected chi connectivity index (χ4v) is 4.15. The molecule has 1 fully saturated rings. The number of aromatic nitrogens is 4. The van der Waals surface area contributed by atoms with Crippen LogP contribution in [0.2, 0.25) is 0 Å². The van der Waals surface area contributed by atoms with Gasteiger partial charge in [-0.3, -0.25) is 9.78 Å². The number of hydrogen-bond donors (Lipinski definition) is 1. The first kappa shape index (κ1) is 17.3.